The molecule has 2 aliphatic rings. The van der Waals surface area contributed by atoms with Crippen molar-refractivity contribution < 1.29 is 66.8 Å². The molecule has 6 aromatic carbocycles. The van der Waals surface area contributed by atoms with Crippen molar-refractivity contribution in [1.29, 1.82) is 0 Å². The molecule has 8 aromatic rings. The van der Waals surface area contributed by atoms with Gasteiger partial charge in [0.25, 0.3) is 0 Å². The van der Waals surface area contributed by atoms with Crippen molar-refractivity contribution in [2.45, 2.75) is 161 Å². The summed E-state index contributed by atoms with van der Waals surface area (Å²) in [6.07, 6.45) is 2.72. The van der Waals surface area contributed by atoms with Crippen LogP contribution in [0.4, 0.5) is 9.59 Å². The molecule has 10 rings (SSSR count). The van der Waals surface area contributed by atoms with E-state index in [0.717, 1.165) is 60.9 Å². The van der Waals surface area contributed by atoms with Crippen LogP contribution in [-0.4, -0.2) is 119 Å². The highest BCUT2D eigenvalue weighted by atomic mass is 28.4. The largest absolute Gasteiger partial charge is 0.544 e. The van der Waals surface area contributed by atoms with Gasteiger partial charge in [0.15, 0.2) is 23.1 Å². The summed E-state index contributed by atoms with van der Waals surface area (Å²) in [7, 11) is -2.05. The van der Waals surface area contributed by atoms with Gasteiger partial charge in [0.1, 0.15) is 35.9 Å². The highest BCUT2D eigenvalue weighted by Gasteiger charge is 2.51. The summed E-state index contributed by atoms with van der Waals surface area (Å²) in [6, 6.07) is 44.3. The molecule has 526 valence electrons. The number of epoxide rings is 2. The van der Waals surface area contributed by atoms with Crippen molar-refractivity contribution in [2.75, 3.05) is 13.2 Å². The standard InChI is InChI=1S/C41H51N3O7Si.C35H37N3O7.CH4.H3N/c1-27(43-39(48)49-25-29-13-9-8-10-14-29)36(45)23-30(22-31-24-42-34-16-12-11-15-33(31)34)38(47)44-35(37(46)41(5)26-50-41)21-28-17-19-32(20-18-28)51-52(6,7)40(2,3)4;1-22(37-34(43)44-20-24-8-4-3-5-9-24)31(40)18-25(17-26-19-36-29-11-7-6-10-28(26)29)33(42)38-30(32(41)35(2)21-45-35)16-23-12-14-27(39)15-13-23;;/h8-20,24,27,30,35,42H,21-23,25-26H2,1-7H3,(H,43,48)(H,44,47);3-15,19,22,25,30,36,39H,16-18,20-21H2,1-2H3,(H,37,43)(H,38,42);1H4;1H3/t27-,30-,35+,41-;22-,25-,30+,35-;;/m11../s1. The van der Waals surface area contributed by atoms with Crippen molar-refractivity contribution in [3.8, 4) is 11.5 Å². The number of carbonyl (C=O) groups is 8. The zero-order valence-electron chi connectivity index (χ0n) is 57.2. The van der Waals surface area contributed by atoms with Crippen LogP contribution in [0.3, 0.4) is 0 Å². The molecular formula is C77H95N7O14Si. The Bertz CT molecular complexity index is 4070. The Morgan fingerprint density at radius 3 is 1.26 bits per heavy atom. The number of nitrogens with one attached hydrogen (secondary N) is 6. The number of aromatic hydroxyl groups is 1. The van der Waals surface area contributed by atoms with Crippen LogP contribution in [0.25, 0.3) is 21.8 Å². The summed E-state index contributed by atoms with van der Waals surface area (Å²) < 4.78 is 27.9. The van der Waals surface area contributed by atoms with Crippen LogP contribution in [-0.2, 0) is 86.6 Å². The first-order valence-electron chi connectivity index (χ1n) is 32.8. The van der Waals surface area contributed by atoms with E-state index in [9.17, 15) is 43.5 Å². The molecule has 2 fully saturated rings. The van der Waals surface area contributed by atoms with Crippen molar-refractivity contribution >= 4 is 77.3 Å². The number of para-hydroxylation sites is 2. The van der Waals surface area contributed by atoms with Gasteiger partial charge < -0.3 is 65.9 Å². The van der Waals surface area contributed by atoms with E-state index >= 15 is 0 Å². The van der Waals surface area contributed by atoms with Crippen molar-refractivity contribution in [1.82, 2.24) is 37.4 Å². The number of ether oxygens (including phenoxy) is 4. The Balaban J connectivity index is 0.000000275. The van der Waals surface area contributed by atoms with Crippen LogP contribution in [0, 0.1) is 11.8 Å². The number of H-pyrrole nitrogens is 2. The van der Waals surface area contributed by atoms with E-state index in [0.29, 0.717) is 0 Å². The van der Waals surface area contributed by atoms with E-state index in [-0.39, 0.29) is 112 Å². The summed E-state index contributed by atoms with van der Waals surface area (Å²) in [5.74, 6) is -2.90. The number of phenolic OH excluding ortho intramolecular Hbond substituents is 1. The zero-order chi connectivity index (χ0) is 69.7. The lowest BCUT2D eigenvalue weighted by molar-refractivity contribution is -0.134. The Hall–Kier alpha value is -9.74. The van der Waals surface area contributed by atoms with Gasteiger partial charge in [0.2, 0.25) is 20.1 Å². The number of aromatic amines is 2. The Morgan fingerprint density at radius 1 is 0.525 bits per heavy atom. The number of phenols is 1. The molecule has 0 bridgehead atoms. The second-order valence-corrected chi connectivity index (χ2v) is 31.9. The van der Waals surface area contributed by atoms with Crippen LogP contribution in [0.5, 0.6) is 11.5 Å². The average Bonchev–Trinajstić information content (AvgIpc) is 1.66. The molecule has 0 radical (unpaired) electrons. The molecule has 22 heteroatoms. The molecule has 10 N–H and O–H groups in total. The van der Waals surface area contributed by atoms with Crippen LogP contribution in [0.15, 0.2) is 170 Å². The summed E-state index contributed by atoms with van der Waals surface area (Å²) in [5.41, 5.74) is 4.76. The fourth-order valence-electron chi connectivity index (χ4n) is 11.0. The number of aromatic nitrogens is 2. The Labute approximate surface area is 579 Å². The first-order chi connectivity index (χ1) is 46.2. The van der Waals surface area contributed by atoms with Crippen LogP contribution >= 0.6 is 0 Å². The highest BCUT2D eigenvalue weighted by molar-refractivity contribution is 6.74. The first kappa shape index (κ1) is 76.6. The van der Waals surface area contributed by atoms with Gasteiger partial charge in [-0.3, -0.25) is 28.8 Å². The first-order valence-corrected chi connectivity index (χ1v) is 35.7. The summed E-state index contributed by atoms with van der Waals surface area (Å²) in [5, 5.41) is 22.7. The number of hydrogen-bond acceptors (Lipinski definition) is 15. The maximum atomic E-state index is 14.2. The second kappa shape index (κ2) is 33.7. The average molecular weight is 1370 g/mol. The number of alkyl carbamates (subject to hydrolysis) is 2. The van der Waals surface area contributed by atoms with Crippen molar-refractivity contribution in [2.24, 2.45) is 11.8 Å². The molecule has 2 saturated heterocycles. The number of Topliss-reactive ketones (excluding diaryl/α,β-unsaturated/α-hetero) is 4. The maximum absolute atomic E-state index is 14.2. The minimum absolute atomic E-state index is 0. The van der Waals surface area contributed by atoms with Gasteiger partial charge in [-0.25, -0.2) is 9.59 Å². The highest BCUT2D eigenvalue weighted by Crippen LogP contribution is 2.38. The third-order valence-corrected chi connectivity index (χ3v) is 22.7. The smallest absolute Gasteiger partial charge is 0.408 e. The SMILES string of the molecule is C.C[C@@H](NC(=O)OCc1ccccc1)C(=O)C[C@@H](Cc1c[nH]c2ccccc12)C(=O)N[C@@H](Cc1ccc(O)cc1)C(=O)[C@@]1(C)CO1.C[C@@H](NC(=O)OCc1ccccc1)C(=O)C[C@@H](Cc1c[nH]c2ccccc12)C(=O)N[C@@H](Cc1ccc(O[Si](C)(C)C(C)(C)C)cc1)C(=O)[C@@]1(C)CO1.N. The molecule has 0 aliphatic carbocycles. The molecule has 8 atom stereocenters. The lowest BCUT2D eigenvalue weighted by Crippen LogP contribution is -2.50. The molecule has 21 nitrogen and oxygen atoms in total. The third-order valence-electron chi connectivity index (χ3n) is 18.4. The fourth-order valence-corrected chi connectivity index (χ4v) is 12.0. The van der Waals surface area contributed by atoms with Gasteiger partial charge in [0, 0.05) is 58.9 Å². The molecule has 0 saturated carbocycles. The number of rotatable bonds is 30. The van der Waals surface area contributed by atoms with Gasteiger partial charge in [-0.05, 0) is 141 Å². The summed E-state index contributed by atoms with van der Waals surface area (Å²) in [6.45, 7) is 18.1. The molecule has 2 aliphatic heterocycles. The van der Waals surface area contributed by atoms with E-state index in [2.05, 4.69) is 65.1 Å². The maximum Gasteiger partial charge on any atom is 0.408 e. The Kier molecular flexibility index (Phi) is 26.1. The van der Waals surface area contributed by atoms with Crippen molar-refractivity contribution in [3.63, 3.8) is 0 Å². The van der Waals surface area contributed by atoms with Gasteiger partial charge in [-0.1, -0.05) is 150 Å². The quantitative estimate of drug-likeness (QED) is 0.0153. The number of hydrogen-bond donors (Lipinski definition) is 8. The molecule has 2 aromatic heterocycles. The number of carbonyl (C=O) groups excluding carboxylic acids is 8. The Morgan fingerprint density at radius 2 is 0.889 bits per heavy atom. The predicted octanol–water partition coefficient (Wildman–Crippen LogP) is 12.3. The lowest BCUT2D eigenvalue weighted by Gasteiger charge is -2.36. The van der Waals surface area contributed by atoms with Crippen molar-refractivity contribution in [3.05, 3.63) is 203 Å². The molecule has 4 amide bonds. The van der Waals surface area contributed by atoms with Gasteiger partial charge in [0.05, 0.1) is 37.4 Å². The van der Waals surface area contributed by atoms with Gasteiger partial charge >= 0.3 is 12.2 Å². The normalized spacial score (nSPS) is 17.1. The lowest BCUT2D eigenvalue weighted by atomic mass is 9.89. The van der Waals surface area contributed by atoms with E-state index in [1.807, 2.05) is 146 Å². The van der Waals surface area contributed by atoms with Gasteiger partial charge in [-0.2, -0.15) is 0 Å². The van der Waals surface area contributed by atoms with E-state index < -0.39 is 79.5 Å². The molecular weight excluding hydrogens is 1270 g/mol. The summed E-state index contributed by atoms with van der Waals surface area (Å²) >= 11 is 0. The van der Waals surface area contributed by atoms with Crippen LogP contribution < -0.4 is 31.8 Å². The third kappa shape index (κ3) is 21.1. The monoisotopic (exact) mass is 1370 g/mol. The summed E-state index contributed by atoms with van der Waals surface area (Å²) in [4.78, 5) is 114. The minimum atomic E-state index is -2.05. The van der Waals surface area contributed by atoms with E-state index in [1.165, 1.54) is 12.1 Å². The van der Waals surface area contributed by atoms with Crippen LogP contribution in [0.1, 0.15) is 102 Å². The van der Waals surface area contributed by atoms with E-state index in [4.69, 9.17) is 23.4 Å². The topological polar surface area (TPSA) is 324 Å². The number of amides is 4. The minimum Gasteiger partial charge on any atom is -0.544 e. The predicted molar refractivity (Wildman–Crippen MR) is 383 cm³/mol. The number of fused-ring (bicyclic) bond motifs is 2. The molecule has 0 spiro atoms. The molecule has 0 unspecified atom stereocenters. The zero-order valence-corrected chi connectivity index (χ0v) is 58.2. The fraction of sp³-hybridized carbons (Fsp3) is 0.377. The second-order valence-electron chi connectivity index (χ2n) is 27.2. The van der Waals surface area contributed by atoms with E-state index in [1.54, 1.807) is 39.8 Å². The van der Waals surface area contributed by atoms with Gasteiger partial charge in [-0.15, -0.1) is 0 Å². The number of ketones is 4. The van der Waals surface area contributed by atoms with Crippen LogP contribution in [0.2, 0.25) is 18.1 Å². The molecule has 4 heterocycles. The molecule has 99 heavy (non-hydrogen) atoms. The number of benzene rings is 6.